The van der Waals surface area contributed by atoms with Gasteiger partial charge in [-0.1, -0.05) is 0 Å². The van der Waals surface area contributed by atoms with Gasteiger partial charge in [0, 0.05) is 35.9 Å². The van der Waals surface area contributed by atoms with Crippen LogP contribution in [0, 0.1) is 6.92 Å². The van der Waals surface area contributed by atoms with Gasteiger partial charge in [0.1, 0.15) is 0 Å². The van der Waals surface area contributed by atoms with Crippen LogP contribution >= 0.6 is 11.3 Å². The highest BCUT2D eigenvalue weighted by atomic mass is 32.2. The zero-order chi connectivity index (χ0) is 22.6. The van der Waals surface area contributed by atoms with Crippen molar-refractivity contribution in [2.45, 2.75) is 57.0 Å². The zero-order valence-electron chi connectivity index (χ0n) is 16.9. The molecular formula is C18H27F3N2O5S2. The number of carboxylic acid groups (broad SMARTS) is 1. The number of rotatable bonds is 5. The first-order chi connectivity index (χ1) is 13.8. The minimum atomic E-state index is -5.08. The van der Waals surface area contributed by atoms with Gasteiger partial charge in [-0.2, -0.15) is 13.2 Å². The maximum atomic E-state index is 11.3. The molecule has 1 spiro atoms. The average Bonchev–Trinajstić information content (AvgIpc) is 3.19. The molecule has 0 saturated carbocycles. The van der Waals surface area contributed by atoms with Gasteiger partial charge in [0.2, 0.25) is 10.0 Å². The second kappa shape index (κ2) is 9.94. The third kappa shape index (κ3) is 8.14. The molecule has 3 rings (SSSR count). The number of aryl methyl sites for hydroxylation is 1. The minimum absolute atomic E-state index is 0.00223. The number of hydrogen-bond donors (Lipinski definition) is 2. The summed E-state index contributed by atoms with van der Waals surface area (Å²) in [7, 11) is -3.15. The monoisotopic (exact) mass is 472 g/mol. The summed E-state index contributed by atoms with van der Waals surface area (Å²) < 4.78 is 63.2. The summed E-state index contributed by atoms with van der Waals surface area (Å²) in [6, 6.07) is 4.39. The van der Waals surface area contributed by atoms with Crippen LogP contribution < -0.4 is 4.72 Å². The number of likely N-dealkylation sites (tertiary alicyclic amines) is 1. The number of nitrogens with zero attached hydrogens (tertiary/aromatic N) is 1. The van der Waals surface area contributed by atoms with E-state index in [0.717, 1.165) is 45.3 Å². The molecule has 12 heteroatoms. The highest BCUT2D eigenvalue weighted by molar-refractivity contribution is 7.88. The summed E-state index contributed by atoms with van der Waals surface area (Å²) in [6.07, 6.45) is 0.305. The molecule has 2 fully saturated rings. The van der Waals surface area contributed by atoms with E-state index in [0.29, 0.717) is 6.54 Å². The van der Waals surface area contributed by atoms with Gasteiger partial charge in [-0.3, -0.25) is 4.90 Å². The highest BCUT2D eigenvalue weighted by Crippen LogP contribution is 2.37. The Hall–Kier alpha value is -1.21. The van der Waals surface area contributed by atoms with E-state index in [1.165, 1.54) is 16.0 Å². The highest BCUT2D eigenvalue weighted by Gasteiger charge is 2.43. The maximum Gasteiger partial charge on any atom is 0.490 e. The lowest BCUT2D eigenvalue weighted by Crippen LogP contribution is -2.46. The topological polar surface area (TPSA) is 95.9 Å². The van der Waals surface area contributed by atoms with Crippen molar-refractivity contribution in [2.75, 3.05) is 25.9 Å². The molecule has 2 saturated heterocycles. The van der Waals surface area contributed by atoms with Crippen LogP contribution in [0.15, 0.2) is 12.1 Å². The number of thiophene rings is 1. The van der Waals surface area contributed by atoms with Crippen LogP contribution in [0.3, 0.4) is 0 Å². The fourth-order valence-corrected chi connectivity index (χ4v) is 5.09. The van der Waals surface area contributed by atoms with E-state index in [1.807, 2.05) is 11.3 Å². The smallest absolute Gasteiger partial charge is 0.475 e. The summed E-state index contributed by atoms with van der Waals surface area (Å²) in [5.41, 5.74) is -0.0750. The normalized spacial score (nSPS) is 25.2. The number of alkyl halides is 3. The maximum absolute atomic E-state index is 11.3. The number of halogens is 3. The van der Waals surface area contributed by atoms with Gasteiger partial charge in [-0.25, -0.2) is 17.9 Å². The van der Waals surface area contributed by atoms with Gasteiger partial charge in [-0.15, -0.1) is 11.3 Å². The van der Waals surface area contributed by atoms with Gasteiger partial charge in [0.05, 0.1) is 18.0 Å². The Bertz CT molecular complexity index is 828. The Morgan fingerprint density at radius 3 is 2.60 bits per heavy atom. The van der Waals surface area contributed by atoms with E-state index in [9.17, 15) is 21.6 Å². The first-order valence-corrected chi connectivity index (χ1v) is 12.2. The molecule has 0 aromatic carbocycles. The van der Waals surface area contributed by atoms with Crippen LogP contribution in [0.2, 0.25) is 0 Å². The fourth-order valence-electron chi connectivity index (χ4n) is 3.66. The summed E-state index contributed by atoms with van der Waals surface area (Å²) in [5.74, 6) is -2.76. The number of carboxylic acids is 1. The molecule has 0 aliphatic carbocycles. The predicted octanol–water partition coefficient (Wildman–Crippen LogP) is 2.75. The molecule has 1 aromatic heterocycles. The Labute approximate surface area is 178 Å². The molecule has 0 bridgehead atoms. The van der Waals surface area contributed by atoms with Crippen molar-refractivity contribution in [2.24, 2.45) is 0 Å². The van der Waals surface area contributed by atoms with Crippen molar-refractivity contribution in [3.63, 3.8) is 0 Å². The van der Waals surface area contributed by atoms with Crippen molar-refractivity contribution >= 4 is 27.3 Å². The quantitative estimate of drug-likeness (QED) is 0.684. The number of carbonyl (C=O) groups is 1. The molecule has 1 aromatic rings. The number of nitrogens with one attached hydrogen (secondary N) is 1. The molecule has 30 heavy (non-hydrogen) atoms. The number of aliphatic carboxylic acids is 1. The largest absolute Gasteiger partial charge is 0.490 e. The molecule has 2 atom stereocenters. The Morgan fingerprint density at radius 2 is 2.07 bits per heavy atom. The molecule has 2 aliphatic heterocycles. The van der Waals surface area contributed by atoms with Crippen molar-refractivity contribution < 1.29 is 36.2 Å². The second-order valence-corrected chi connectivity index (χ2v) is 10.9. The van der Waals surface area contributed by atoms with Crippen LogP contribution in [-0.4, -0.2) is 68.2 Å². The van der Waals surface area contributed by atoms with E-state index in [1.54, 1.807) is 0 Å². The molecule has 0 radical (unpaired) electrons. The first kappa shape index (κ1) is 25.1. The van der Waals surface area contributed by atoms with E-state index < -0.39 is 22.2 Å². The predicted molar refractivity (Wildman–Crippen MR) is 107 cm³/mol. The van der Waals surface area contributed by atoms with E-state index in [2.05, 4.69) is 28.7 Å². The average molecular weight is 473 g/mol. The Morgan fingerprint density at radius 1 is 1.40 bits per heavy atom. The summed E-state index contributed by atoms with van der Waals surface area (Å²) in [4.78, 5) is 14.1. The zero-order valence-corrected chi connectivity index (χ0v) is 18.5. The number of hydrogen-bond acceptors (Lipinski definition) is 6. The Kier molecular flexibility index (Phi) is 8.30. The van der Waals surface area contributed by atoms with Crippen molar-refractivity contribution in [3.05, 3.63) is 21.9 Å². The number of sulfonamides is 1. The van der Waals surface area contributed by atoms with Crippen LogP contribution in [0.25, 0.3) is 0 Å². The summed E-state index contributed by atoms with van der Waals surface area (Å²) in [6.45, 7) is 5.55. The van der Waals surface area contributed by atoms with E-state index in [-0.39, 0.29) is 11.7 Å². The van der Waals surface area contributed by atoms with Gasteiger partial charge < -0.3 is 9.84 Å². The second-order valence-electron chi connectivity index (χ2n) is 7.71. The van der Waals surface area contributed by atoms with E-state index in [4.69, 9.17) is 14.6 Å². The standard InChI is InChI=1S/C16H26N2O3S2.C2HF3O2/c1-13-5-6-15(22-13)11-18-9-8-16(12-18)7-3-4-14(21-16)10-17-23(2,19)20;3-2(4,5)1(6)7/h5-6,14,17H,3-4,7-12H2,1-2H3;(H,6,7)/t14-,16+;/m0./s1. The molecular weight excluding hydrogens is 445 g/mol. The lowest BCUT2D eigenvalue weighted by molar-refractivity contribution is -0.192. The van der Waals surface area contributed by atoms with Gasteiger partial charge >= 0.3 is 12.1 Å². The minimum Gasteiger partial charge on any atom is -0.475 e. The van der Waals surface area contributed by atoms with E-state index >= 15 is 0 Å². The molecule has 2 aliphatic rings. The van der Waals surface area contributed by atoms with Crippen molar-refractivity contribution in [1.82, 2.24) is 9.62 Å². The number of ether oxygens (including phenoxy) is 1. The lowest BCUT2D eigenvalue weighted by Gasteiger charge is -2.38. The SMILES string of the molecule is Cc1ccc(CN2CC[C@]3(CCC[C@@H](CNS(C)(=O)=O)O3)C2)s1.O=C(O)C(F)(F)F. The van der Waals surface area contributed by atoms with Gasteiger partial charge in [0.15, 0.2) is 0 Å². The lowest BCUT2D eigenvalue weighted by atomic mass is 9.90. The van der Waals surface area contributed by atoms with Gasteiger partial charge in [0.25, 0.3) is 0 Å². The molecule has 0 unspecified atom stereocenters. The molecule has 0 amide bonds. The van der Waals surface area contributed by atoms with Crippen LogP contribution in [0.5, 0.6) is 0 Å². The summed E-state index contributed by atoms with van der Waals surface area (Å²) in [5, 5.41) is 7.12. The van der Waals surface area contributed by atoms with Crippen molar-refractivity contribution in [1.29, 1.82) is 0 Å². The van der Waals surface area contributed by atoms with Crippen LogP contribution in [-0.2, 0) is 26.1 Å². The molecule has 2 N–H and O–H groups in total. The molecule has 172 valence electrons. The first-order valence-electron chi connectivity index (χ1n) is 9.48. The molecule has 3 heterocycles. The Balaban J connectivity index is 0.000000396. The van der Waals surface area contributed by atoms with Crippen molar-refractivity contribution in [3.8, 4) is 0 Å². The third-order valence-electron chi connectivity index (χ3n) is 4.96. The third-order valence-corrected chi connectivity index (χ3v) is 6.64. The fraction of sp³-hybridized carbons (Fsp3) is 0.722. The van der Waals surface area contributed by atoms with Crippen LogP contribution in [0.1, 0.15) is 35.4 Å². The van der Waals surface area contributed by atoms with Crippen LogP contribution in [0.4, 0.5) is 13.2 Å². The van der Waals surface area contributed by atoms with Gasteiger partial charge in [-0.05, 0) is 44.7 Å². The summed E-state index contributed by atoms with van der Waals surface area (Å²) >= 11 is 1.86. The molecule has 7 nitrogen and oxygen atoms in total.